The van der Waals surface area contributed by atoms with Crippen LogP contribution in [0.2, 0.25) is 0 Å². The molecule has 33 heavy (non-hydrogen) atoms. The Balaban J connectivity index is 1.37. The molecule has 2 unspecified atom stereocenters. The lowest BCUT2D eigenvalue weighted by atomic mass is 9.91. The number of carbonyl (C=O) groups is 1. The molecule has 0 aromatic heterocycles. The van der Waals surface area contributed by atoms with Crippen molar-refractivity contribution in [2.75, 3.05) is 11.9 Å². The molecule has 6 heteroatoms. The average Bonchev–Trinajstić information content (AvgIpc) is 2.97. The lowest BCUT2D eigenvalue weighted by Gasteiger charge is -2.19. The standard InChI is InChI=1S/C27H30N2O4/c28-26-14-11-19(16-22(30)18-32-23-7-3-1-4-8-23)15-20-17-21(12-13-25(20)26)29-27(31)33-24-9-5-2-6-10-24/h1-10,12-13,17,19,22,26,30H,11,14-16,18,28H2,(H,29,31)/t19?,22-,26?/m0/s1. The first kappa shape index (κ1) is 22.8. The Hall–Kier alpha value is -3.35. The minimum atomic E-state index is -0.560. The third-order valence-electron chi connectivity index (χ3n) is 5.93. The summed E-state index contributed by atoms with van der Waals surface area (Å²) in [5.41, 5.74) is 9.28. The van der Waals surface area contributed by atoms with E-state index < -0.39 is 12.2 Å². The van der Waals surface area contributed by atoms with Gasteiger partial charge in [0.2, 0.25) is 0 Å². The molecule has 0 heterocycles. The molecule has 6 nitrogen and oxygen atoms in total. The number of nitrogens with two attached hydrogens (primary N) is 1. The summed E-state index contributed by atoms with van der Waals surface area (Å²) in [4.78, 5) is 12.3. The fourth-order valence-corrected chi connectivity index (χ4v) is 4.31. The summed E-state index contributed by atoms with van der Waals surface area (Å²) >= 11 is 0. The van der Waals surface area contributed by atoms with Gasteiger partial charge in [-0.15, -0.1) is 0 Å². The van der Waals surface area contributed by atoms with Crippen LogP contribution in [0.4, 0.5) is 10.5 Å². The van der Waals surface area contributed by atoms with Gasteiger partial charge in [0, 0.05) is 11.7 Å². The third kappa shape index (κ3) is 6.57. The van der Waals surface area contributed by atoms with Crippen molar-refractivity contribution in [3.8, 4) is 11.5 Å². The molecular formula is C27H30N2O4. The van der Waals surface area contributed by atoms with Gasteiger partial charge in [0.25, 0.3) is 0 Å². The Labute approximate surface area is 194 Å². The van der Waals surface area contributed by atoms with Crippen LogP contribution in [-0.4, -0.2) is 23.9 Å². The van der Waals surface area contributed by atoms with E-state index in [1.54, 1.807) is 12.1 Å². The molecule has 1 amide bonds. The van der Waals surface area contributed by atoms with Crippen LogP contribution in [-0.2, 0) is 6.42 Å². The second-order valence-electron chi connectivity index (χ2n) is 8.51. The highest BCUT2D eigenvalue weighted by Crippen LogP contribution is 2.33. The predicted octanol–water partition coefficient (Wildman–Crippen LogP) is 5.08. The van der Waals surface area contributed by atoms with E-state index >= 15 is 0 Å². The predicted molar refractivity (Wildman–Crippen MR) is 128 cm³/mol. The quantitative estimate of drug-likeness (QED) is 0.440. The normalized spacial score (nSPS) is 18.5. The van der Waals surface area contributed by atoms with E-state index in [0.717, 1.165) is 36.1 Å². The van der Waals surface area contributed by atoms with Gasteiger partial charge in [0.15, 0.2) is 0 Å². The Morgan fingerprint density at radius 3 is 2.42 bits per heavy atom. The first-order valence-corrected chi connectivity index (χ1v) is 11.3. The summed E-state index contributed by atoms with van der Waals surface area (Å²) < 4.78 is 11.0. The number of aliphatic hydroxyl groups is 1. The van der Waals surface area contributed by atoms with E-state index in [1.807, 2.05) is 66.7 Å². The first-order valence-electron chi connectivity index (χ1n) is 11.3. The maximum Gasteiger partial charge on any atom is 0.417 e. The number of ether oxygens (including phenoxy) is 2. The van der Waals surface area contributed by atoms with Crippen molar-refractivity contribution >= 4 is 11.8 Å². The SMILES string of the molecule is NC1CCC(C[C@H](O)COc2ccccc2)Cc2cc(NC(=O)Oc3ccccc3)ccc21. The smallest absolute Gasteiger partial charge is 0.417 e. The van der Waals surface area contributed by atoms with Crippen molar-refractivity contribution < 1.29 is 19.4 Å². The van der Waals surface area contributed by atoms with Crippen LogP contribution in [0, 0.1) is 5.92 Å². The molecule has 0 saturated carbocycles. The summed E-state index contributed by atoms with van der Waals surface area (Å²) in [7, 11) is 0. The summed E-state index contributed by atoms with van der Waals surface area (Å²) in [6.07, 6.45) is 2.10. The lowest BCUT2D eigenvalue weighted by Crippen LogP contribution is -2.22. The highest BCUT2D eigenvalue weighted by Gasteiger charge is 2.24. The fourth-order valence-electron chi connectivity index (χ4n) is 4.31. The highest BCUT2D eigenvalue weighted by molar-refractivity contribution is 5.86. The van der Waals surface area contributed by atoms with Crippen molar-refractivity contribution in [3.63, 3.8) is 0 Å². The Kier molecular flexibility index (Phi) is 7.60. The molecule has 4 rings (SSSR count). The van der Waals surface area contributed by atoms with Crippen molar-refractivity contribution in [2.45, 2.75) is 37.8 Å². The van der Waals surface area contributed by atoms with Crippen LogP contribution < -0.4 is 20.5 Å². The van der Waals surface area contributed by atoms with Crippen molar-refractivity contribution in [1.29, 1.82) is 0 Å². The summed E-state index contributed by atoms with van der Waals surface area (Å²) in [6, 6.07) is 24.2. The molecule has 172 valence electrons. The first-order chi connectivity index (χ1) is 16.1. The second-order valence-corrected chi connectivity index (χ2v) is 8.51. The fraction of sp³-hybridized carbons (Fsp3) is 0.296. The minimum absolute atomic E-state index is 0.0620. The van der Waals surface area contributed by atoms with Gasteiger partial charge in [-0.3, -0.25) is 5.32 Å². The number of hydrogen-bond donors (Lipinski definition) is 3. The molecule has 0 fully saturated rings. The molecule has 3 aromatic rings. The number of amides is 1. The van der Waals surface area contributed by atoms with Crippen LogP contribution in [0.15, 0.2) is 78.9 Å². The van der Waals surface area contributed by atoms with Crippen molar-refractivity contribution in [1.82, 2.24) is 0 Å². The minimum Gasteiger partial charge on any atom is -0.491 e. The summed E-state index contributed by atoms with van der Waals surface area (Å²) in [5.74, 6) is 1.51. The molecule has 1 aliphatic rings. The maximum absolute atomic E-state index is 12.3. The molecule has 0 saturated heterocycles. The molecule has 0 bridgehead atoms. The number of fused-ring (bicyclic) bond motifs is 1. The molecule has 3 atom stereocenters. The van der Waals surface area contributed by atoms with Gasteiger partial charge >= 0.3 is 6.09 Å². The van der Waals surface area contributed by atoms with E-state index in [0.29, 0.717) is 17.9 Å². The van der Waals surface area contributed by atoms with E-state index in [9.17, 15) is 9.90 Å². The number of anilines is 1. The lowest BCUT2D eigenvalue weighted by molar-refractivity contribution is 0.0831. The van der Waals surface area contributed by atoms with Gasteiger partial charge in [0.05, 0.1) is 6.10 Å². The summed E-state index contributed by atoms with van der Waals surface area (Å²) in [5, 5.41) is 13.4. The van der Waals surface area contributed by atoms with E-state index in [4.69, 9.17) is 15.2 Å². The zero-order chi connectivity index (χ0) is 23.0. The van der Waals surface area contributed by atoms with E-state index in [-0.39, 0.29) is 18.6 Å². The van der Waals surface area contributed by atoms with Gasteiger partial charge in [-0.25, -0.2) is 4.79 Å². The monoisotopic (exact) mass is 446 g/mol. The Morgan fingerprint density at radius 2 is 1.70 bits per heavy atom. The zero-order valence-electron chi connectivity index (χ0n) is 18.5. The summed E-state index contributed by atoms with van der Waals surface area (Å²) in [6.45, 7) is 0.256. The Morgan fingerprint density at radius 1 is 1.00 bits per heavy atom. The second kappa shape index (κ2) is 11.0. The van der Waals surface area contributed by atoms with Gasteiger partial charge < -0.3 is 20.3 Å². The molecule has 1 aliphatic carbocycles. The molecule has 4 N–H and O–H groups in total. The number of nitrogens with one attached hydrogen (secondary N) is 1. The van der Waals surface area contributed by atoms with E-state index in [1.165, 1.54) is 0 Å². The Bertz CT molecular complexity index is 1040. The molecule has 0 aliphatic heterocycles. The van der Waals surface area contributed by atoms with Gasteiger partial charge in [-0.05, 0) is 79.1 Å². The molecule has 3 aromatic carbocycles. The van der Waals surface area contributed by atoms with Crippen molar-refractivity contribution in [3.05, 3.63) is 90.0 Å². The third-order valence-corrected chi connectivity index (χ3v) is 5.93. The van der Waals surface area contributed by atoms with Gasteiger partial charge in [0.1, 0.15) is 18.1 Å². The van der Waals surface area contributed by atoms with Crippen LogP contribution >= 0.6 is 0 Å². The van der Waals surface area contributed by atoms with E-state index in [2.05, 4.69) is 5.32 Å². The zero-order valence-corrected chi connectivity index (χ0v) is 18.5. The topological polar surface area (TPSA) is 93.8 Å². The van der Waals surface area contributed by atoms with Gasteiger partial charge in [-0.1, -0.05) is 42.5 Å². The molecular weight excluding hydrogens is 416 g/mol. The highest BCUT2D eigenvalue weighted by atomic mass is 16.6. The van der Waals surface area contributed by atoms with Crippen LogP contribution in [0.1, 0.15) is 36.4 Å². The molecule has 0 radical (unpaired) electrons. The average molecular weight is 447 g/mol. The van der Waals surface area contributed by atoms with Crippen LogP contribution in [0.3, 0.4) is 0 Å². The van der Waals surface area contributed by atoms with Crippen molar-refractivity contribution in [2.24, 2.45) is 11.7 Å². The van der Waals surface area contributed by atoms with Crippen LogP contribution in [0.25, 0.3) is 0 Å². The maximum atomic E-state index is 12.3. The van der Waals surface area contributed by atoms with Crippen LogP contribution in [0.5, 0.6) is 11.5 Å². The molecule has 0 spiro atoms. The number of aliphatic hydroxyl groups excluding tert-OH is 1. The van der Waals surface area contributed by atoms with Gasteiger partial charge in [-0.2, -0.15) is 0 Å². The number of carbonyl (C=O) groups excluding carboxylic acids is 1. The number of benzene rings is 3. The number of rotatable bonds is 7. The number of para-hydroxylation sites is 2. The largest absolute Gasteiger partial charge is 0.491 e. The number of hydrogen-bond acceptors (Lipinski definition) is 5.